The highest BCUT2D eigenvalue weighted by atomic mass is 19.3. The van der Waals surface area contributed by atoms with Crippen molar-refractivity contribution in [2.24, 2.45) is 0 Å². The van der Waals surface area contributed by atoms with E-state index in [1.165, 1.54) is 27.7 Å². The molecule has 1 aromatic carbocycles. The van der Waals surface area contributed by atoms with E-state index in [1.54, 1.807) is 50.5 Å². The lowest BCUT2D eigenvalue weighted by atomic mass is 10.1. The fourth-order valence-corrected chi connectivity index (χ4v) is 3.23. The van der Waals surface area contributed by atoms with Gasteiger partial charge in [-0.1, -0.05) is 12.1 Å². The zero-order valence-corrected chi connectivity index (χ0v) is 17.2. The first-order valence-corrected chi connectivity index (χ1v) is 9.65. The first kappa shape index (κ1) is 21.4. The molecule has 0 saturated heterocycles. The van der Waals surface area contributed by atoms with Crippen molar-refractivity contribution in [2.75, 3.05) is 5.32 Å². The van der Waals surface area contributed by atoms with Gasteiger partial charge in [0.1, 0.15) is 17.0 Å². The van der Waals surface area contributed by atoms with Gasteiger partial charge < -0.3 is 15.2 Å². The Labute approximate surface area is 181 Å². The maximum atomic E-state index is 13.0. The van der Waals surface area contributed by atoms with Crippen LogP contribution in [0.1, 0.15) is 24.2 Å². The molecule has 32 heavy (non-hydrogen) atoms. The molecule has 4 aromatic rings. The number of ether oxygens (including phenoxy) is 1. The number of nitrogens with zero attached hydrogens (tertiary/aromatic N) is 5. The molecule has 11 heteroatoms. The highest BCUT2D eigenvalue weighted by Crippen LogP contribution is 2.35. The molecule has 2 N–H and O–H groups in total. The Bertz CT molecular complexity index is 1260. The maximum Gasteiger partial charge on any atom is 0.387 e. The third-order valence-electron chi connectivity index (χ3n) is 4.44. The number of rotatable bonds is 7. The van der Waals surface area contributed by atoms with Crippen molar-refractivity contribution in [2.45, 2.75) is 32.6 Å². The summed E-state index contributed by atoms with van der Waals surface area (Å²) in [6.45, 7) is 0.278. The molecule has 0 bridgehead atoms. The normalized spacial score (nSPS) is 11.8. The van der Waals surface area contributed by atoms with Crippen molar-refractivity contribution in [1.29, 1.82) is 0 Å². The number of hydrogen-bond donors (Lipinski definition) is 2. The number of carbonyl (C=O) groups is 1. The second-order valence-corrected chi connectivity index (χ2v) is 7.68. The second-order valence-electron chi connectivity index (χ2n) is 7.68. The van der Waals surface area contributed by atoms with Gasteiger partial charge in [0.15, 0.2) is 5.65 Å². The Hall–Kier alpha value is -3.86. The van der Waals surface area contributed by atoms with Crippen LogP contribution in [0.3, 0.4) is 0 Å². The first-order valence-electron chi connectivity index (χ1n) is 9.65. The molecule has 0 spiro atoms. The number of halogens is 2. The number of alkyl halides is 2. The summed E-state index contributed by atoms with van der Waals surface area (Å²) >= 11 is 0. The lowest BCUT2D eigenvalue weighted by Crippen LogP contribution is -2.26. The fourth-order valence-electron chi connectivity index (χ4n) is 3.23. The number of aliphatic hydroxyl groups is 1. The van der Waals surface area contributed by atoms with E-state index in [2.05, 4.69) is 25.2 Å². The minimum atomic E-state index is -3.03. The number of hydrogen-bond acceptors (Lipinski definition) is 6. The van der Waals surface area contributed by atoms with Crippen LogP contribution >= 0.6 is 0 Å². The molecule has 0 atom stereocenters. The lowest BCUT2D eigenvalue weighted by Gasteiger charge is -2.16. The highest BCUT2D eigenvalue weighted by molar-refractivity contribution is 6.09. The fraction of sp³-hybridized carbons (Fsp3) is 0.238. The maximum absolute atomic E-state index is 13.0. The van der Waals surface area contributed by atoms with Gasteiger partial charge in [-0.15, -0.1) is 0 Å². The predicted octanol–water partition coefficient (Wildman–Crippen LogP) is 3.22. The Morgan fingerprint density at radius 3 is 2.81 bits per heavy atom. The van der Waals surface area contributed by atoms with Gasteiger partial charge in [0.2, 0.25) is 0 Å². The van der Waals surface area contributed by atoms with Crippen LogP contribution in [0.4, 0.5) is 14.5 Å². The van der Waals surface area contributed by atoms with Crippen LogP contribution in [0.25, 0.3) is 16.9 Å². The number of benzene rings is 1. The average molecular weight is 442 g/mol. The van der Waals surface area contributed by atoms with Crippen LogP contribution < -0.4 is 10.1 Å². The lowest BCUT2D eigenvalue weighted by molar-refractivity contribution is -0.0494. The number of para-hydroxylation sites is 1. The van der Waals surface area contributed by atoms with Gasteiger partial charge in [-0.2, -0.15) is 19.0 Å². The molecule has 0 aliphatic heterocycles. The molecular formula is C21H20F2N6O3. The van der Waals surface area contributed by atoms with Crippen LogP contribution in [-0.4, -0.2) is 47.6 Å². The molecule has 0 aliphatic rings. The Balaban J connectivity index is 1.75. The summed E-state index contributed by atoms with van der Waals surface area (Å²) in [5.74, 6) is -0.598. The summed E-state index contributed by atoms with van der Waals surface area (Å²) in [5, 5.41) is 21.4. The summed E-state index contributed by atoms with van der Waals surface area (Å²) in [6, 6.07) is 7.82. The smallest absolute Gasteiger partial charge is 0.387 e. The number of amides is 1. The van der Waals surface area contributed by atoms with E-state index in [4.69, 9.17) is 0 Å². The van der Waals surface area contributed by atoms with Gasteiger partial charge in [-0.05, 0) is 32.0 Å². The third kappa shape index (κ3) is 4.57. The van der Waals surface area contributed by atoms with E-state index in [-0.39, 0.29) is 34.8 Å². The largest absolute Gasteiger partial charge is 0.434 e. The molecule has 0 aliphatic carbocycles. The van der Waals surface area contributed by atoms with Crippen LogP contribution in [0.15, 0.2) is 55.1 Å². The third-order valence-corrected chi connectivity index (χ3v) is 4.44. The molecule has 1 amide bonds. The molecule has 0 radical (unpaired) electrons. The van der Waals surface area contributed by atoms with Crippen LogP contribution in [0.2, 0.25) is 0 Å². The van der Waals surface area contributed by atoms with E-state index in [1.807, 2.05) is 0 Å². The first-order chi connectivity index (χ1) is 15.2. The molecule has 0 fully saturated rings. The zero-order valence-electron chi connectivity index (χ0n) is 17.2. The number of nitrogens with one attached hydrogen (secondary N) is 1. The van der Waals surface area contributed by atoms with Gasteiger partial charge >= 0.3 is 6.61 Å². The quantitative estimate of drug-likeness (QED) is 0.455. The summed E-state index contributed by atoms with van der Waals surface area (Å²) in [7, 11) is 0. The van der Waals surface area contributed by atoms with E-state index in [0.717, 1.165) is 0 Å². The number of fused-ring (bicyclic) bond motifs is 1. The number of anilines is 1. The molecule has 4 rings (SSSR count). The van der Waals surface area contributed by atoms with E-state index < -0.39 is 18.1 Å². The molecule has 0 unspecified atom stereocenters. The topological polar surface area (TPSA) is 107 Å². The van der Waals surface area contributed by atoms with Gasteiger partial charge in [-0.25, -0.2) is 9.50 Å². The SMILES string of the molecule is CC(C)(O)Cn1cc(NC(=O)c2cnn3cccnc23)c(-c2ccccc2OC(F)F)n1. The van der Waals surface area contributed by atoms with Gasteiger partial charge in [-0.3, -0.25) is 9.48 Å². The van der Waals surface area contributed by atoms with E-state index >= 15 is 0 Å². The van der Waals surface area contributed by atoms with Crippen molar-refractivity contribution in [1.82, 2.24) is 24.4 Å². The van der Waals surface area contributed by atoms with Crippen LogP contribution in [0.5, 0.6) is 5.75 Å². The summed E-state index contributed by atoms with van der Waals surface area (Å²) in [4.78, 5) is 17.2. The van der Waals surface area contributed by atoms with Crippen molar-refractivity contribution >= 4 is 17.2 Å². The van der Waals surface area contributed by atoms with Gasteiger partial charge in [0.25, 0.3) is 5.91 Å². The monoisotopic (exact) mass is 442 g/mol. The minimum Gasteiger partial charge on any atom is -0.434 e. The average Bonchev–Trinajstić information content (AvgIpc) is 3.30. The standard InChI is InChI=1S/C21H20F2N6O3/c1-21(2,31)12-28-11-15(17(27-28)13-6-3-4-7-16(13)32-20(22)23)26-19(30)14-10-25-29-9-5-8-24-18(14)29/h3-11,20,31H,12H2,1-2H3,(H,26,30). The Morgan fingerprint density at radius 1 is 1.28 bits per heavy atom. The summed E-state index contributed by atoms with van der Waals surface area (Å²) in [6.07, 6.45) is 6.10. The zero-order chi connectivity index (χ0) is 22.9. The summed E-state index contributed by atoms with van der Waals surface area (Å²) < 4.78 is 33.4. The molecule has 3 aromatic heterocycles. The van der Waals surface area contributed by atoms with Crippen LogP contribution in [0, 0.1) is 0 Å². The van der Waals surface area contributed by atoms with Gasteiger partial charge in [0, 0.05) is 24.2 Å². The molecule has 3 heterocycles. The Morgan fingerprint density at radius 2 is 2.06 bits per heavy atom. The number of aromatic nitrogens is 5. The molecule has 0 saturated carbocycles. The Kier molecular flexibility index (Phi) is 5.57. The second kappa shape index (κ2) is 8.35. The molecular weight excluding hydrogens is 422 g/mol. The molecule has 9 nitrogen and oxygen atoms in total. The van der Waals surface area contributed by atoms with Crippen molar-refractivity contribution in [3.05, 3.63) is 60.7 Å². The highest BCUT2D eigenvalue weighted by Gasteiger charge is 2.23. The number of carbonyl (C=O) groups excluding carboxylic acids is 1. The van der Waals surface area contributed by atoms with Crippen molar-refractivity contribution in [3.8, 4) is 17.0 Å². The molecule has 166 valence electrons. The minimum absolute atomic E-state index is 0.0934. The summed E-state index contributed by atoms with van der Waals surface area (Å²) in [5.41, 5.74) is 0.204. The van der Waals surface area contributed by atoms with E-state index in [0.29, 0.717) is 5.65 Å². The van der Waals surface area contributed by atoms with Crippen LogP contribution in [-0.2, 0) is 6.54 Å². The van der Waals surface area contributed by atoms with Crippen molar-refractivity contribution in [3.63, 3.8) is 0 Å². The van der Waals surface area contributed by atoms with E-state index in [9.17, 15) is 18.7 Å². The predicted molar refractivity (Wildman–Crippen MR) is 112 cm³/mol. The van der Waals surface area contributed by atoms with Crippen molar-refractivity contribution < 1.29 is 23.4 Å². The van der Waals surface area contributed by atoms with Gasteiger partial charge in [0.05, 0.1) is 24.0 Å².